The van der Waals surface area contributed by atoms with Crippen molar-refractivity contribution in [1.82, 2.24) is 5.32 Å². The van der Waals surface area contributed by atoms with Crippen LogP contribution >= 0.6 is 0 Å². The van der Waals surface area contributed by atoms with Crippen LogP contribution in [0.15, 0.2) is 54.6 Å². The summed E-state index contributed by atoms with van der Waals surface area (Å²) in [5, 5.41) is 3.58. The summed E-state index contributed by atoms with van der Waals surface area (Å²) in [5.41, 5.74) is 2.58. The molecule has 0 radical (unpaired) electrons. The van der Waals surface area contributed by atoms with Crippen molar-refractivity contribution in [3.8, 4) is 5.75 Å². The smallest absolute Gasteiger partial charge is 0.124 e. The Morgan fingerprint density at radius 1 is 0.905 bits per heavy atom. The molecule has 0 aromatic heterocycles. The van der Waals surface area contributed by atoms with Gasteiger partial charge in [0, 0.05) is 18.2 Å². The third kappa shape index (κ3) is 5.24. The molecule has 0 saturated carbocycles. The highest BCUT2D eigenvalue weighted by molar-refractivity contribution is 5.33. The highest BCUT2D eigenvalue weighted by Gasteiger charge is 2.07. The van der Waals surface area contributed by atoms with Crippen molar-refractivity contribution in [2.24, 2.45) is 0 Å². The Bertz CT molecular complexity index is 536. The Labute approximate surface area is 128 Å². The summed E-state index contributed by atoms with van der Waals surface area (Å²) >= 11 is 0. The summed E-state index contributed by atoms with van der Waals surface area (Å²) < 4.78 is 5.86. The number of ether oxygens (including phenoxy) is 1. The Balaban J connectivity index is 1.90. The monoisotopic (exact) mass is 283 g/mol. The second-order valence-electron chi connectivity index (χ2n) is 5.75. The van der Waals surface area contributed by atoms with Gasteiger partial charge in [-0.15, -0.1) is 0 Å². The molecule has 0 saturated heterocycles. The average molecular weight is 283 g/mol. The molecule has 0 aliphatic heterocycles. The van der Waals surface area contributed by atoms with Crippen LogP contribution in [-0.4, -0.2) is 12.1 Å². The maximum Gasteiger partial charge on any atom is 0.124 e. The van der Waals surface area contributed by atoms with Gasteiger partial charge in [-0.25, -0.2) is 0 Å². The van der Waals surface area contributed by atoms with Gasteiger partial charge in [-0.3, -0.25) is 0 Å². The molecule has 1 atom stereocenters. The largest absolute Gasteiger partial charge is 0.491 e. The molecule has 0 aliphatic carbocycles. The molecule has 0 fully saturated rings. The quantitative estimate of drug-likeness (QED) is 0.822. The van der Waals surface area contributed by atoms with Crippen LogP contribution in [0, 0.1) is 0 Å². The molecule has 1 unspecified atom stereocenters. The maximum atomic E-state index is 5.86. The van der Waals surface area contributed by atoms with Crippen molar-refractivity contribution in [3.05, 3.63) is 65.7 Å². The fourth-order valence-electron chi connectivity index (χ4n) is 2.34. The minimum atomic E-state index is 0.202. The van der Waals surface area contributed by atoms with E-state index in [0.717, 1.165) is 18.7 Å². The van der Waals surface area contributed by atoms with Crippen molar-refractivity contribution in [2.75, 3.05) is 0 Å². The number of para-hydroxylation sites is 1. The first kappa shape index (κ1) is 15.6. The second-order valence-corrected chi connectivity index (χ2v) is 5.75. The Morgan fingerprint density at radius 3 is 2.29 bits per heavy atom. The van der Waals surface area contributed by atoms with Gasteiger partial charge in [-0.2, -0.15) is 0 Å². The number of hydrogen-bond acceptors (Lipinski definition) is 2. The number of benzene rings is 2. The van der Waals surface area contributed by atoms with E-state index in [1.165, 1.54) is 11.1 Å². The lowest BCUT2D eigenvalue weighted by Crippen LogP contribution is -2.27. The lowest BCUT2D eigenvalue weighted by atomic mass is 10.1. The first-order valence-electron chi connectivity index (χ1n) is 7.67. The Kier molecular flexibility index (Phi) is 5.82. The van der Waals surface area contributed by atoms with Crippen LogP contribution in [0.3, 0.4) is 0 Å². The van der Waals surface area contributed by atoms with Crippen LogP contribution in [0.4, 0.5) is 0 Å². The van der Waals surface area contributed by atoms with Gasteiger partial charge in [0.1, 0.15) is 5.75 Å². The zero-order chi connectivity index (χ0) is 15.1. The summed E-state index contributed by atoms with van der Waals surface area (Å²) in [6.45, 7) is 7.17. The van der Waals surface area contributed by atoms with Crippen molar-refractivity contribution in [2.45, 2.75) is 45.9 Å². The molecule has 2 heteroatoms. The van der Waals surface area contributed by atoms with E-state index in [-0.39, 0.29) is 6.10 Å². The molecule has 2 aromatic rings. The predicted octanol–water partition coefficient (Wildman–Crippen LogP) is 4.19. The third-order valence-electron chi connectivity index (χ3n) is 3.36. The van der Waals surface area contributed by atoms with E-state index in [4.69, 9.17) is 4.74 Å². The van der Waals surface area contributed by atoms with Gasteiger partial charge < -0.3 is 10.1 Å². The Hall–Kier alpha value is -1.80. The van der Waals surface area contributed by atoms with Gasteiger partial charge in [0.2, 0.25) is 0 Å². The van der Waals surface area contributed by atoms with Crippen LogP contribution in [0.5, 0.6) is 5.75 Å². The topological polar surface area (TPSA) is 21.3 Å². The minimum Gasteiger partial charge on any atom is -0.491 e. The van der Waals surface area contributed by atoms with Crippen LogP contribution in [-0.2, 0) is 13.0 Å². The van der Waals surface area contributed by atoms with Crippen LogP contribution in [0.25, 0.3) is 0 Å². The summed E-state index contributed by atoms with van der Waals surface area (Å²) in [7, 11) is 0. The average Bonchev–Trinajstić information content (AvgIpc) is 2.47. The fraction of sp³-hybridized carbons (Fsp3) is 0.368. The molecule has 0 bridgehead atoms. The number of hydrogen-bond donors (Lipinski definition) is 1. The molecule has 0 heterocycles. The first-order valence-corrected chi connectivity index (χ1v) is 7.67. The molecule has 1 N–H and O–H groups in total. The van der Waals surface area contributed by atoms with Gasteiger partial charge in [0.15, 0.2) is 0 Å². The third-order valence-corrected chi connectivity index (χ3v) is 3.36. The fourth-order valence-corrected chi connectivity index (χ4v) is 2.34. The zero-order valence-electron chi connectivity index (χ0n) is 13.2. The first-order chi connectivity index (χ1) is 10.1. The standard InChI is InChI=1S/C19H25NO/c1-15(2)21-19-12-8-7-11-18(19)14-20-16(3)13-17-9-5-4-6-10-17/h4-12,15-16,20H,13-14H2,1-3H3. The van der Waals surface area contributed by atoms with E-state index in [1.54, 1.807) is 0 Å². The molecule has 2 nitrogen and oxygen atoms in total. The van der Waals surface area contributed by atoms with Crippen LogP contribution in [0.2, 0.25) is 0 Å². The van der Waals surface area contributed by atoms with Crippen molar-refractivity contribution >= 4 is 0 Å². The summed E-state index contributed by atoms with van der Waals surface area (Å²) in [4.78, 5) is 0. The molecule has 21 heavy (non-hydrogen) atoms. The lowest BCUT2D eigenvalue weighted by Gasteiger charge is -2.17. The predicted molar refractivity (Wildman–Crippen MR) is 88.7 cm³/mol. The van der Waals surface area contributed by atoms with Crippen LogP contribution in [0.1, 0.15) is 31.9 Å². The molecular formula is C19H25NO. The Morgan fingerprint density at radius 2 is 1.57 bits per heavy atom. The highest BCUT2D eigenvalue weighted by atomic mass is 16.5. The number of nitrogens with one attached hydrogen (secondary N) is 1. The highest BCUT2D eigenvalue weighted by Crippen LogP contribution is 2.19. The van der Waals surface area contributed by atoms with Crippen molar-refractivity contribution in [1.29, 1.82) is 0 Å². The SMILES string of the molecule is CC(Cc1ccccc1)NCc1ccccc1OC(C)C. The molecule has 0 spiro atoms. The normalized spacial score (nSPS) is 12.4. The zero-order valence-corrected chi connectivity index (χ0v) is 13.2. The molecule has 112 valence electrons. The van der Waals surface area contributed by atoms with Crippen molar-refractivity contribution in [3.63, 3.8) is 0 Å². The van der Waals surface area contributed by atoms with E-state index in [9.17, 15) is 0 Å². The minimum absolute atomic E-state index is 0.202. The van der Waals surface area contributed by atoms with E-state index in [2.05, 4.69) is 68.6 Å². The summed E-state index contributed by atoms with van der Waals surface area (Å²) in [6.07, 6.45) is 1.24. The van der Waals surface area contributed by atoms with E-state index in [0.29, 0.717) is 6.04 Å². The van der Waals surface area contributed by atoms with Crippen molar-refractivity contribution < 1.29 is 4.74 Å². The second kappa shape index (κ2) is 7.84. The molecule has 2 rings (SSSR count). The molecular weight excluding hydrogens is 258 g/mol. The maximum absolute atomic E-state index is 5.86. The van der Waals surface area contributed by atoms with Gasteiger partial charge in [-0.1, -0.05) is 48.5 Å². The van der Waals surface area contributed by atoms with Crippen LogP contribution < -0.4 is 10.1 Å². The molecule has 0 aliphatic rings. The molecule has 2 aromatic carbocycles. The van der Waals surface area contributed by atoms with E-state index >= 15 is 0 Å². The van der Waals surface area contributed by atoms with E-state index < -0.39 is 0 Å². The van der Waals surface area contributed by atoms with Gasteiger partial charge >= 0.3 is 0 Å². The van der Waals surface area contributed by atoms with Gasteiger partial charge in [0.05, 0.1) is 6.10 Å². The lowest BCUT2D eigenvalue weighted by molar-refractivity contribution is 0.239. The number of rotatable bonds is 7. The summed E-state index contributed by atoms with van der Waals surface area (Å²) in [5.74, 6) is 0.979. The summed E-state index contributed by atoms with van der Waals surface area (Å²) in [6, 6.07) is 19.3. The van der Waals surface area contributed by atoms with E-state index in [1.807, 2.05) is 12.1 Å². The molecule has 0 amide bonds. The van der Waals surface area contributed by atoms with Gasteiger partial charge in [0.25, 0.3) is 0 Å². The van der Waals surface area contributed by atoms with Gasteiger partial charge in [-0.05, 0) is 38.8 Å².